The first-order valence-electron chi connectivity index (χ1n) is 8.59. The molecule has 0 bridgehead atoms. The smallest absolute Gasteiger partial charge is 0.123 e. The minimum Gasteiger partial charge on any atom is -0.392 e. The summed E-state index contributed by atoms with van der Waals surface area (Å²) in [6.45, 7) is 2.69. The van der Waals surface area contributed by atoms with Gasteiger partial charge in [0.2, 0.25) is 0 Å². The maximum atomic E-state index is 13.5. The summed E-state index contributed by atoms with van der Waals surface area (Å²) in [5, 5.41) is 18.5. The van der Waals surface area contributed by atoms with Crippen molar-refractivity contribution in [2.24, 2.45) is 5.92 Å². The highest BCUT2D eigenvalue weighted by Gasteiger charge is 2.22. The molecule has 0 unspecified atom stereocenters. The van der Waals surface area contributed by atoms with Crippen LogP contribution in [0.5, 0.6) is 0 Å². The van der Waals surface area contributed by atoms with E-state index in [4.69, 9.17) is 0 Å². The maximum absolute atomic E-state index is 13.5. The number of benzene rings is 1. The zero-order valence-electron chi connectivity index (χ0n) is 14.2. The molecule has 130 valence electrons. The Hall–Kier alpha value is -2.47. The summed E-state index contributed by atoms with van der Waals surface area (Å²) < 4.78 is 17.3. The van der Waals surface area contributed by atoms with Gasteiger partial charge in [-0.05, 0) is 55.5 Å². The molecule has 1 saturated carbocycles. The van der Waals surface area contributed by atoms with Gasteiger partial charge < -0.3 is 5.11 Å². The van der Waals surface area contributed by atoms with Crippen LogP contribution in [0.4, 0.5) is 4.39 Å². The molecule has 0 spiro atoms. The van der Waals surface area contributed by atoms with Gasteiger partial charge in [-0.25, -0.2) is 9.07 Å². The lowest BCUT2D eigenvalue weighted by Gasteiger charge is -2.11. The number of halogens is 1. The number of aromatic nitrogens is 4. The summed E-state index contributed by atoms with van der Waals surface area (Å²) in [6.07, 6.45) is 7.27. The Morgan fingerprint density at radius 2 is 2.12 bits per heavy atom. The van der Waals surface area contributed by atoms with Crippen LogP contribution in [-0.4, -0.2) is 24.7 Å². The summed E-state index contributed by atoms with van der Waals surface area (Å²) in [4.78, 5) is 0. The minimum atomic E-state index is -0.361. The molecule has 1 aliphatic carbocycles. The van der Waals surface area contributed by atoms with E-state index in [-0.39, 0.29) is 12.4 Å². The van der Waals surface area contributed by atoms with E-state index in [9.17, 15) is 9.50 Å². The van der Waals surface area contributed by atoms with Crippen LogP contribution in [0.1, 0.15) is 35.4 Å². The summed E-state index contributed by atoms with van der Waals surface area (Å²) in [5.74, 6) is 0.423. The van der Waals surface area contributed by atoms with Crippen molar-refractivity contribution in [2.75, 3.05) is 0 Å². The van der Waals surface area contributed by atoms with Crippen molar-refractivity contribution in [1.29, 1.82) is 0 Å². The van der Waals surface area contributed by atoms with Crippen molar-refractivity contribution in [3.63, 3.8) is 0 Å². The zero-order valence-corrected chi connectivity index (χ0v) is 14.2. The first kappa shape index (κ1) is 16.0. The fourth-order valence-electron chi connectivity index (χ4n) is 3.15. The predicted octanol–water partition coefficient (Wildman–Crippen LogP) is 3.01. The number of hydrogen-bond acceptors (Lipinski definition) is 3. The fraction of sp³-hybridized carbons (Fsp3) is 0.368. The molecule has 1 aliphatic rings. The van der Waals surface area contributed by atoms with Gasteiger partial charge in [-0.1, -0.05) is 0 Å². The van der Waals surface area contributed by atoms with E-state index in [1.54, 1.807) is 10.7 Å². The summed E-state index contributed by atoms with van der Waals surface area (Å²) in [7, 11) is 0. The number of aliphatic hydroxyl groups excluding tert-OH is 1. The maximum Gasteiger partial charge on any atom is 0.123 e. The Morgan fingerprint density at radius 1 is 1.28 bits per heavy atom. The lowest BCUT2D eigenvalue weighted by molar-refractivity contribution is 0.280. The van der Waals surface area contributed by atoms with Gasteiger partial charge in [0, 0.05) is 30.4 Å². The molecule has 2 aromatic heterocycles. The fourth-order valence-corrected chi connectivity index (χ4v) is 3.15. The lowest BCUT2D eigenvalue weighted by atomic mass is 10.1. The normalized spacial score (nSPS) is 14.2. The van der Waals surface area contributed by atoms with Crippen LogP contribution in [0, 0.1) is 18.7 Å². The van der Waals surface area contributed by atoms with Gasteiger partial charge in [0.25, 0.3) is 0 Å². The van der Waals surface area contributed by atoms with Crippen LogP contribution < -0.4 is 0 Å². The van der Waals surface area contributed by atoms with Gasteiger partial charge in [-0.15, -0.1) is 0 Å². The standard InChI is InChI=1S/C19H21FN4O/c1-13-6-18(7-15-9-21-23(11-15)10-14-2-3-14)24(22-13)19-5-4-17(20)8-16(19)12-25/h4-6,8-9,11,14,25H,2-3,7,10,12H2,1H3. The van der Waals surface area contributed by atoms with E-state index in [1.807, 2.05) is 23.9 Å². The Kier molecular flexibility index (Phi) is 4.13. The molecule has 3 aromatic rings. The van der Waals surface area contributed by atoms with Gasteiger partial charge in [0.15, 0.2) is 0 Å². The first-order chi connectivity index (χ1) is 12.1. The van der Waals surface area contributed by atoms with Crippen molar-refractivity contribution in [1.82, 2.24) is 19.6 Å². The van der Waals surface area contributed by atoms with Crippen LogP contribution >= 0.6 is 0 Å². The summed E-state index contributed by atoms with van der Waals surface area (Å²) in [5.41, 5.74) is 4.22. The van der Waals surface area contributed by atoms with Crippen molar-refractivity contribution in [3.05, 3.63) is 65.0 Å². The van der Waals surface area contributed by atoms with E-state index in [1.165, 1.54) is 25.0 Å². The van der Waals surface area contributed by atoms with Crippen LogP contribution in [0.25, 0.3) is 5.69 Å². The van der Waals surface area contributed by atoms with E-state index in [2.05, 4.69) is 16.4 Å². The summed E-state index contributed by atoms with van der Waals surface area (Å²) in [6, 6.07) is 6.42. The molecule has 0 radical (unpaired) electrons. The highest BCUT2D eigenvalue weighted by atomic mass is 19.1. The molecule has 1 N–H and O–H groups in total. The molecule has 0 aliphatic heterocycles. The number of nitrogens with zero attached hydrogens (tertiary/aromatic N) is 4. The number of aliphatic hydroxyl groups is 1. The molecule has 0 atom stereocenters. The van der Waals surface area contributed by atoms with Crippen molar-refractivity contribution >= 4 is 0 Å². The minimum absolute atomic E-state index is 0.231. The number of rotatable bonds is 6. The molecule has 4 rings (SSSR count). The molecule has 25 heavy (non-hydrogen) atoms. The number of hydrogen-bond donors (Lipinski definition) is 1. The van der Waals surface area contributed by atoms with Gasteiger partial charge in [0.05, 0.1) is 24.2 Å². The van der Waals surface area contributed by atoms with Crippen molar-refractivity contribution in [2.45, 2.75) is 39.3 Å². The van der Waals surface area contributed by atoms with Gasteiger partial charge >= 0.3 is 0 Å². The molecule has 2 heterocycles. The molecule has 1 aromatic carbocycles. The topological polar surface area (TPSA) is 55.9 Å². The second-order valence-corrected chi connectivity index (χ2v) is 6.81. The third-order valence-electron chi connectivity index (χ3n) is 4.56. The van der Waals surface area contributed by atoms with Gasteiger partial charge in [-0.2, -0.15) is 10.2 Å². The Bertz CT molecular complexity index is 895. The number of aryl methyl sites for hydroxylation is 1. The second kappa shape index (κ2) is 6.44. The third-order valence-corrected chi connectivity index (χ3v) is 4.56. The van der Waals surface area contributed by atoms with E-state index < -0.39 is 0 Å². The van der Waals surface area contributed by atoms with Crippen molar-refractivity contribution < 1.29 is 9.50 Å². The SMILES string of the molecule is Cc1cc(Cc2cnn(CC3CC3)c2)n(-c2ccc(F)cc2CO)n1. The lowest BCUT2D eigenvalue weighted by Crippen LogP contribution is -2.07. The zero-order chi connectivity index (χ0) is 17.4. The molecular weight excluding hydrogens is 319 g/mol. The van der Waals surface area contributed by atoms with Crippen LogP contribution in [0.2, 0.25) is 0 Å². The molecule has 6 heteroatoms. The van der Waals surface area contributed by atoms with Crippen LogP contribution in [0.15, 0.2) is 36.7 Å². The van der Waals surface area contributed by atoms with E-state index >= 15 is 0 Å². The van der Waals surface area contributed by atoms with Gasteiger partial charge in [0.1, 0.15) is 5.82 Å². The monoisotopic (exact) mass is 340 g/mol. The molecule has 0 saturated heterocycles. The van der Waals surface area contributed by atoms with Gasteiger partial charge in [-0.3, -0.25) is 4.68 Å². The molecule has 1 fully saturated rings. The van der Waals surface area contributed by atoms with Crippen LogP contribution in [0.3, 0.4) is 0 Å². The molecular formula is C19H21FN4O. The quantitative estimate of drug-likeness (QED) is 0.750. The van der Waals surface area contributed by atoms with E-state index in [0.29, 0.717) is 17.7 Å². The Labute approximate surface area is 145 Å². The highest BCUT2D eigenvalue weighted by molar-refractivity contribution is 5.42. The molecule has 5 nitrogen and oxygen atoms in total. The Balaban J connectivity index is 1.63. The average Bonchev–Trinajstić information content (AvgIpc) is 3.18. The first-order valence-corrected chi connectivity index (χ1v) is 8.59. The van der Waals surface area contributed by atoms with Crippen molar-refractivity contribution in [3.8, 4) is 5.69 Å². The molecule has 0 amide bonds. The largest absolute Gasteiger partial charge is 0.392 e. The second-order valence-electron chi connectivity index (χ2n) is 6.81. The predicted molar refractivity (Wildman–Crippen MR) is 91.9 cm³/mol. The summed E-state index contributed by atoms with van der Waals surface area (Å²) >= 11 is 0. The average molecular weight is 340 g/mol. The Morgan fingerprint density at radius 3 is 2.88 bits per heavy atom. The van der Waals surface area contributed by atoms with E-state index in [0.717, 1.165) is 29.4 Å². The highest BCUT2D eigenvalue weighted by Crippen LogP contribution is 2.30. The third kappa shape index (κ3) is 3.49. The van der Waals surface area contributed by atoms with Crippen LogP contribution in [-0.2, 0) is 19.6 Å².